The standard InChI is InChI=1S/C11H14N4/c1-7-3-8(2)5-9(4-7)15-11(13)6-10(12)14-15/h3-6H,13H2,1-2H3,(H2,12,14). The van der Waals surface area contributed by atoms with Crippen LogP contribution in [0.5, 0.6) is 0 Å². The maximum Gasteiger partial charge on any atom is 0.148 e. The highest BCUT2D eigenvalue weighted by atomic mass is 15.3. The number of rotatable bonds is 1. The van der Waals surface area contributed by atoms with Crippen LogP contribution in [0.4, 0.5) is 11.6 Å². The summed E-state index contributed by atoms with van der Waals surface area (Å²) in [5.74, 6) is 0.990. The summed E-state index contributed by atoms with van der Waals surface area (Å²) in [6.45, 7) is 4.08. The Morgan fingerprint density at radius 2 is 1.60 bits per heavy atom. The van der Waals surface area contributed by atoms with Gasteiger partial charge in [0.1, 0.15) is 11.6 Å². The maximum atomic E-state index is 5.79. The molecular formula is C11H14N4. The minimum absolute atomic E-state index is 0.437. The largest absolute Gasteiger partial charge is 0.384 e. The number of aryl methyl sites for hydroxylation is 2. The Balaban J connectivity index is 2.58. The molecular weight excluding hydrogens is 188 g/mol. The van der Waals surface area contributed by atoms with Crippen molar-refractivity contribution in [3.8, 4) is 5.69 Å². The zero-order valence-corrected chi connectivity index (χ0v) is 8.86. The van der Waals surface area contributed by atoms with Gasteiger partial charge in [0, 0.05) is 6.07 Å². The van der Waals surface area contributed by atoms with Crippen LogP contribution in [0.2, 0.25) is 0 Å². The number of hydrogen-bond acceptors (Lipinski definition) is 3. The van der Waals surface area contributed by atoms with Crippen LogP contribution in [0, 0.1) is 13.8 Å². The molecule has 2 rings (SSSR count). The van der Waals surface area contributed by atoms with Crippen molar-refractivity contribution in [3.63, 3.8) is 0 Å². The highest BCUT2D eigenvalue weighted by molar-refractivity contribution is 5.50. The summed E-state index contributed by atoms with van der Waals surface area (Å²) < 4.78 is 1.65. The summed E-state index contributed by atoms with van der Waals surface area (Å²) in [5.41, 5.74) is 14.7. The second-order valence-corrected chi connectivity index (χ2v) is 3.75. The molecule has 0 unspecified atom stereocenters. The summed E-state index contributed by atoms with van der Waals surface area (Å²) in [7, 11) is 0. The SMILES string of the molecule is Cc1cc(C)cc(-n2nc(N)cc2N)c1. The lowest BCUT2D eigenvalue weighted by Crippen LogP contribution is -2.02. The van der Waals surface area contributed by atoms with Crippen LogP contribution in [-0.4, -0.2) is 9.78 Å². The third-order valence-electron chi connectivity index (χ3n) is 2.21. The van der Waals surface area contributed by atoms with Crippen molar-refractivity contribution in [1.29, 1.82) is 0 Å². The summed E-state index contributed by atoms with van der Waals surface area (Å²) in [6, 6.07) is 7.80. The molecule has 4 heteroatoms. The third kappa shape index (κ3) is 1.79. The van der Waals surface area contributed by atoms with Gasteiger partial charge in [-0.3, -0.25) is 0 Å². The summed E-state index contributed by atoms with van der Waals surface area (Å²) in [5, 5.41) is 4.13. The van der Waals surface area contributed by atoms with Crippen molar-refractivity contribution < 1.29 is 0 Å². The highest BCUT2D eigenvalue weighted by Crippen LogP contribution is 2.18. The molecule has 78 valence electrons. The molecule has 0 fully saturated rings. The van der Waals surface area contributed by atoms with Gasteiger partial charge in [-0.05, 0) is 37.1 Å². The van der Waals surface area contributed by atoms with E-state index in [1.807, 2.05) is 26.0 Å². The third-order valence-corrected chi connectivity index (χ3v) is 2.21. The molecule has 2 aromatic rings. The van der Waals surface area contributed by atoms with Crippen molar-refractivity contribution in [2.24, 2.45) is 0 Å². The molecule has 1 heterocycles. The van der Waals surface area contributed by atoms with Gasteiger partial charge in [-0.1, -0.05) is 6.07 Å². The number of anilines is 2. The van der Waals surface area contributed by atoms with Gasteiger partial charge >= 0.3 is 0 Å². The van der Waals surface area contributed by atoms with E-state index in [0.29, 0.717) is 11.6 Å². The number of hydrogen-bond donors (Lipinski definition) is 2. The van der Waals surface area contributed by atoms with Crippen molar-refractivity contribution in [2.45, 2.75) is 13.8 Å². The normalized spacial score (nSPS) is 10.5. The van der Waals surface area contributed by atoms with E-state index in [0.717, 1.165) is 5.69 Å². The first-order chi connectivity index (χ1) is 7.06. The Morgan fingerprint density at radius 3 is 2.07 bits per heavy atom. The highest BCUT2D eigenvalue weighted by Gasteiger charge is 2.05. The first kappa shape index (κ1) is 9.58. The average molecular weight is 202 g/mol. The van der Waals surface area contributed by atoms with Crippen LogP contribution < -0.4 is 11.5 Å². The second kappa shape index (κ2) is 3.31. The number of nitrogens with zero attached hydrogens (tertiary/aromatic N) is 2. The van der Waals surface area contributed by atoms with E-state index in [1.165, 1.54) is 11.1 Å². The van der Waals surface area contributed by atoms with Crippen LogP contribution in [0.15, 0.2) is 24.3 Å². The molecule has 0 amide bonds. The van der Waals surface area contributed by atoms with E-state index in [-0.39, 0.29) is 0 Å². The molecule has 4 N–H and O–H groups in total. The minimum atomic E-state index is 0.437. The lowest BCUT2D eigenvalue weighted by atomic mass is 10.1. The molecule has 0 saturated heterocycles. The fourth-order valence-corrected chi connectivity index (χ4v) is 1.69. The summed E-state index contributed by atoms with van der Waals surface area (Å²) in [4.78, 5) is 0. The van der Waals surface area contributed by atoms with Crippen LogP contribution >= 0.6 is 0 Å². The van der Waals surface area contributed by atoms with Crippen LogP contribution in [0.1, 0.15) is 11.1 Å². The van der Waals surface area contributed by atoms with Crippen molar-refractivity contribution >= 4 is 11.6 Å². The fraction of sp³-hybridized carbons (Fsp3) is 0.182. The molecule has 1 aromatic carbocycles. The second-order valence-electron chi connectivity index (χ2n) is 3.75. The van der Waals surface area contributed by atoms with Gasteiger partial charge < -0.3 is 11.5 Å². The number of nitrogen functional groups attached to an aromatic ring is 2. The van der Waals surface area contributed by atoms with E-state index in [4.69, 9.17) is 11.5 Å². The quantitative estimate of drug-likeness (QED) is 0.738. The Kier molecular flexibility index (Phi) is 2.11. The van der Waals surface area contributed by atoms with E-state index in [1.54, 1.807) is 10.7 Å². The van der Waals surface area contributed by atoms with Crippen molar-refractivity contribution in [1.82, 2.24) is 9.78 Å². The van der Waals surface area contributed by atoms with E-state index >= 15 is 0 Å². The number of benzene rings is 1. The molecule has 0 aliphatic heterocycles. The van der Waals surface area contributed by atoms with Gasteiger partial charge in [-0.2, -0.15) is 0 Å². The van der Waals surface area contributed by atoms with Crippen LogP contribution in [-0.2, 0) is 0 Å². The van der Waals surface area contributed by atoms with Gasteiger partial charge in [-0.25, -0.2) is 4.68 Å². The molecule has 0 spiro atoms. The zero-order chi connectivity index (χ0) is 11.0. The zero-order valence-electron chi connectivity index (χ0n) is 8.86. The van der Waals surface area contributed by atoms with E-state index in [9.17, 15) is 0 Å². The molecule has 0 saturated carbocycles. The topological polar surface area (TPSA) is 69.9 Å². The molecule has 0 aliphatic rings. The van der Waals surface area contributed by atoms with Crippen LogP contribution in [0.25, 0.3) is 5.69 Å². The Bertz CT molecular complexity index is 479. The lowest BCUT2D eigenvalue weighted by molar-refractivity contribution is 0.894. The smallest absolute Gasteiger partial charge is 0.148 e. The number of nitrogens with two attached hydrogens (primary N) is 2. The molecule has 0 radical (unpaired) electrons. The van der Waals surface area contributed by atoms with Crippen LogP contribution in [0.3, 0.4) is 0 Å². The predicted octanol–water partition coefficient (Wildman–Crippen LogP) is 1.65. The van der Waals surface area contributed by atoms with Crippen molar-refractivity contribution in [3.05, 3.63) is 35.4 Å². The van der Waals surface area contributed by atoms with Crippen molar-refractivity contribution in [2.75, 3.05) is 11.5 Å². The average Bonchev–Trinajstić information content (AvgIpc) is 2.43. The maximum absolute atomic E-state index is 5.79. The molecule has 0 atom stereocenters. The first-order valence-corrected chi connectivity index (χ1v) is 4.76. The minimum Gasteiger partial charge on any atom is -0.384 e. The van der Waals surface area contributed by atoms with E-state index in [2.05, 4.69) is 11.2 Å². The monoisotopic (exact) mass is 202 g/mol. The molecule has 4 nitrogen and oxygen atoms in total. The molecule has 15 heavy (non-hydrogen) atoms. The summed E-state index contributed by atoms with van der Waals surface area (Å²) >= 11 is 0. The summed E-state index contributed by atoms with van der Waals surface area (Å²) in [6.07, 6.45) is 0. The Hall–Kier alpha value is -1.97. The van der Waals surface area contributed by atoms with Gasteiger partial charge in [0.15, 0.2) is 0 Å². The Labute approximate surface area is 88.5 Å². The Morgan fingerprint density at radius 1 is 1.00 bits per heavy atom. The fourth-order valence-electron chi connectivity index (χ4n) is 1.69. The van der Waals surface area contributed by atoms with Gasteiger partial charge in [0.25, 0.3) is 0 Å². The van der Waals surface area contributed by atoms with Gasteiger partial charge in [0.05, 0.1) is 5.69 Å². The first-order valence-electron chi connectivity index (χ1n) is 4.76. The van der Waals surface area contributed by atoms with Gasteiger partial charge in [-0.15, -0.1) is 5.10 Å². The van der Waals surface area contributed by atoms with E-state index < -0.39 is 0 Å². The molecule has 1 aromatic heterocycles. The molecule has 0 aliphatic carbocycles. The predicted molar refractivity (Wildman–Crippen MR) is 61.9 cm³/mol. The molecule has 0 bridgehead atoms. The number of aromatic nitrogens is 2. The lowest BCUT2D eigenvalue weighted by Gasteiger charge is -2.06. The van der Waals surface area contributed by atoms with Gasteiger partial charge in [0.2, 0.25) is 0 Å².